The molecule has 5 rings (SSSR count). The smallest absolute Gasteiger partial charge is 0.305 e. The number of amides is 3. The van der Waals surface area contributed by atoms with Crippen LogP contribution in [0.3, 0.4) is 0 Å². The van der Waals surface area contributed by atoms with Crippen molar-refractivity contribution in [1.82, 2.24) is 10.3 Å². The van der Waals surface area contributed by atoms with Gasteiger partial charge < -0.3 is 15.4 Å². The Kier molecular flexibility index (Phi) is 6.76. The van der Waals surface area contributed by atoms with E-state index in [1.807, 2.05) is 61.0 Å². The van der Waals surface area contributed by atoms with Gasteiger partial charge in [0, 0.05) is 21.5 Å². The topological polar surface area (TPSA) is 97.2 Å². The van der Waals surface area contributed by atoms with E-state index in [-0.39, 0.29) is 17.2 Å². The minimum atomic E-state index is -0.812. The summed E-state index contributed by atoms with van der Waals surface area (Å²) in [5, 5.41) is 15.8. The summed E-state index contributed by atoms with van der Waals surface area (Å²) in [7, 11) is 0. The molecule has 3 amide bonds. The third-order valence-corrected chi connectivity index (χ3v) is 7.89. The molecule has 0 aliphatic carbocycles. The van der Waals surface area contributed by atoms with Crippen molar-refractivity contribution in [1.29, 1.82) is 0 Å². The highest BCUT2D eigenvalue weighted by atomic mass is 32.2. The van der Waals surface area contributed by atoms with Gasteiger partial charge in [0.05, 0.1) is 6.04 Å². The Hall–Kier alpha value is -3.31. The maximum Gasteiger partial charge on any atom is 0.305 e. The van der Waals surface area contributed by atoms with Crippen LogP contribution in [0, 0.1) is 5.21 Å². The quantitative estimate of drug-likeness (QED) is 0.283. The van der Waals surface area contributed by atoms with Gasteiger partial charge in [0.25, 0.3) is 5.91 Å². The molecule has 0 saturated carbocycles. The summed E-state index contributed by atoms with van der Waals surface area (Å²) in [4.78, 5) is 42.7. The number of anilines is 1. The monoisotopic (exact) mass is 520 g/mol. The molecule has 0 spiro atoms. The Bertz CT molecular complexity index is 1320. The second-order valence-corrected chi connectivity index (χ2v) is 10.2. The molecule has 1 fully saturated rings. The summed E-state index contributed by atoms with van der Waals surface area (Å²) in [6, 6.07) is 20.8. The molecule has 10 heteroatoms. The SMILES string of the molecule is CSc1ccc(C2C(NC(=O)CN3C(=O)c4ccccc4[NH+]3[O-])C(=O)N2c2ccc(SC)cc2)cc1. The van der Waals surface area contributed by atoms with Crippen LogP contribution in [0.5, 0.6) is 0 Å². The number of nitrogens with one attached hydrogen (secondary N) is 2. The van der Waals surface area contributed by atoms with Crippen LogP contribution in [-0.4, -0.2) is 47.8 Å². The largest absolute Gasteiger partial charge is 0.602 e. The second kappa shape index (κ2) is 9.98. The summed E-state index contributed by atoms with van der Waals surface area (Å²) in [5.74, 6) is -1.32. The number of quaternary nitrogens is 1. The third kappa shape index (κ3) is 4.26. The summed E-state index contributed by atoms with van der Waals surface area (Å²) >= 11 is 3.23. The number of β-lactam (4-membered cyclic amide) rings is 1. The van der Waals surface area contributed by atoms with Gasteiger partial charge in [-0.05, 0) is 60.5 Å². The molecule has 36 heavy (non-hydrogen) atoms. The fourth-order valence-corrected chi connectivity index (χ4v) is 5.36. The van der Waals surface area contributed by atoms with E-state index in [0.29, 0.717) is 0 Å². The van der Waals surface area contributed by atoms with E-state index in [0.717, 1.165) is 26.1 Å². The Balaban J connectivity index is 1.36. The fourth-order valence-electron chi connectivity index (χ4n) is 4.55. The lowest BCUT2D eigenvalue weighted by Gasteiger charge is -2.47. The normalized spacial score (nSPS) is 20.8. The van der Waals surface area contributed by atoms with Gasteiger partial charge in [-0.1, -0.05) is 24.3 Å². The summed E-state index contributed by atoms with van der Waals surface area (Å²) < 4.78 is 0. The van der Waals surface area contributed by atoms with Crippen molar-refractivity contribution >= 4 is 52.6 Å². The molecule has 3 aromatic rings. The Morgan fingerprint density at radius 2 is 1.56 bits per heavy atom. The number of rotatable bonds is 7. The van der Waals surface area contributed by atoms with Gasteiger partial charge in [0.15, 0.2) is 12.2 Å². The molecular weight excluding hydrogens is 496 g/mol. The highest BCUT2D eigenvalue weighted by molar-refractivity contribution is 7.98. The number of thioether (sulfide) groups is 2. The van der Waals surface area contributed by atoms with E-state index >= 15 is 0 Å². The summed E-state index contributed by atoms with van der Waals surface area (Å²) in [6.07, 6.45) is 3.98. The van der Waals surface area contributed by atoms with E-state index < -0.39 is 35.6 Å². The molecule has 8 nitrogen and oxygen atoms in total. The molecule has 3 atom stereocenters. The predicted molar refractivity (Wildman–Crippen MR) is 140 cm³/mol. The number of hydrogen-bond acceptors (Lipinski definition) is 6. The average molecular weight is 521 g/mol. The number of fused-ring (bicyclic) bond motifs is 1. The maximum absolute atomic E-state index is 13.3. The lowest BCUT2D eigenvalue weighted by molar-refractivity contribution is -0.889. The molecular formula is C26H24N4O4S2. The van der Waals surface area contributed by atoms with Crippen molar-refractivity contribution in [3.05, 3.63) is 89.1 Å². The predicted octanol–water partition coefficient (Wildman–Crippen LogP) is 2.79. The number of hydrogen-bond donors (Lipinski definition) is 2. The lowest BCUT2D eigenvalue weighted by Crippen LogP contribution is -3.08. The van der Waals surface area contributed by atoms with E-state index in [4.69, 9.17) is 0 Å². The molecule has 2 aliphatic heterocycles. The number of benzene rings is 3. The van der Waals surface area contributed by atoms with E-state index in [2.05, 4.69) is 5.32 Å². The van der Waals surface area contributed by atoms with Crippen LogP contribution in [0.4, 0.5) is 11.4 Å². The standard InChI is InChI=1S/C26H24N4O4S2/c1-35-18-11-7-16(8-12-18)24-23(26(33)29(24)17-9-13-19(36-2)14-10-17)27-22(31)15-28-25(32)20-5-3-4-6-21(20)30(28)34/h3-14,23-24,30H,15H2,1-2H3,(H,27,31). The van der Waals surface area contributed by atoms with Crippen molar-refractivity contribution < 1.29 is 19.6 Å². The van der Waals surface area contributed by atoms with Crippen LogP contribution in [0.1, 0.15) is 22.0 Å². The zero-order valence-corrected chi connectivity index (χ0v) is 21.3. The van der Waals surface area contributed by atoms with Crippen LogP contribution in [0.25, 0.3) is 0 Å². The van der Waals surface area contributed by atoms with Gasteiger partial charge in [-0.25, -0.2) is 5.17 Å². The first-order valence-electron chi connectivity index (χ1n) is 11.3. The van der Waals surface area contributed by atoms with Crippen molar-refractivity contribution in [3.8, 4) is 0 Å². The molecule has 3 unspecified atom stereocenters. The fraction of sp³-hybridized carbons (Fsp3) is 0.192. The number of carbonyl (C=O) groups excluding carboxylic acids is 3. The second-order valence-electron chi connectivity index (χ2n) is 8.41. The van der Waals surface area contributed by atoms with Crippen molar-refractivity contribution in [3.63, 3.8) is 0 Å². The molecule has 0 radical (unpaired) electrons. The van der Waals surface area contributed by atoms with E-state index in [1.165, 1.54) is 0 Å². The van der Waals surface area contributed by atoms with Crippen LogP contribution < -0.4 is 15.4 Å². The van der Waals surface area contributed by atoms with E-state index in [1.54, 1.807) is 52.7 Å². The zero-order valence-electron chi connectivity index (χ0n) is 19.6. The molecule has 1 saturated heterocycles. The molecule has 184 valence electrons. The van der Waals surface area contributed by atoms with Crippen molar-refractivity contribution in [2.45, 2.75) is 21.9 Å². The van der Waals surface area contributed by atoms with Crippen LogP contribution in [-0.2, 0) is 9.59 Å². The minimum absolute atomic E-state index is 0.249. The van der Waals surface area contributed by atoms with Crippen LogP contribution in [0.15, 0.2) is 82.6 Å². The first-order valence-corrected chi connectivity index (χ1v) is 13.7. The number of nitrogens with zero attached hydrogens (tertiary/aromatic N) is 2. The third-order valence-electron chi connectivity index (χ3n) is 6.40. The molecule has 2 N–H and O–H groups in total. The van der Waals surface area contributed by atoms with Gasteiger partial charge in [-0.15, -0.1) is 23.5 Å². The Labute approximate surface area is 217 Å². The highest BCUT2D eigenvalue weighted by Crippen LogP contribution is 2.40. The highest BCUT2D eigenvalue weighted by Gasteiger charge is 2.50. The molecule has 2 aliphatic rings. The maximum atomic E-state index is 13.3. The van der Waals surface area contributed by atoms with Gasteiger partial charge in [0.1, 0.15) is 11.6 Å². The molecule has 0 aromatic heterocycles. The Morgan fingerprint density at radius 1 is 0.944 bits per heavy atom. The zero-order chi connectivity index (χ0) is 25.4. The van der Waals surface area contributed by atoms with Gasteiger partial charge in [0.2, 0.25) is 5.91 Å². The van der Waals surface area contributed by atoms with Gasteiger partial charge in [-0.3, -0.25) is 14.4 Å². The van der Waals surface area contributed by atoms with Crippen molar-refractivity contribution in [2.24, 2.45) is 0 Å². The first kappa shape index (κ1) is 24.4. The Morgan fingerprint density at radius 3 is 2.17 bits per heavy atom. The molecule has 0 bridgehead atoms. The summed E-state index contributed by atoms with van der Waals surface area (Å²) in [6.45, 7) is -0.448. The van der Waals surface area contributed by atoms with Crippen LogP contribution >= 0.6 is 23.5 Å². The van der Waals surface area contributed by atoms with Crippen molar-refractivity contribution in [2.75, 3.05) is 24.0 Å². The summed E-state index contributed by atoms with van der Waals surface area (Å²) in [5.41, 5.74) is 2.18. The minimum Gasteiger partial charge on any atom is -0.602 e. The van der Waals surface area contributed by atoms with Gasteiger partial charge >= 0.3 is 5.91 Å². The first-order chi connectivity index (χ1) is 17.4. The number of carbonyl (C=O) groups is 3. The van der Waals surface area contributed by atoms with Gasteiger partial charge in [-0.2, -0.15) is 5.01 Å². The molecule has 2 heterocycles. The molecule has 3 aromatic carbocycles. The average Bonchev–Trinajstić information content (AvgIpc) is 3.15. The van der Waals surface area contributed by atoms with Crippen LogP contribution in [0.2, 0.25) is 0 Å². The van der Waals surface area contributed by atoms with E-state index in [9.17, 15) is 19.6 Å². The lowest BCUT2D eigenvalue weighted by atomic mass is 9.87.